The van der Waals surface area contributed by atoms with Crippen molar-refractivity contribution < 1.29 is 14.6 Å². The molecular weight excluding hydrogens is 300 g/mol. The van der Waals surface area contributed by atoms with E-state index < -0.39 is 5.97 Å². The van der Waals surface area contributed by atoms with Crippen molar-refractivity contribution in [2.45, 2.75) is 39.7 Å². The van der Waals surface area contributed by atoms with Crippen LogP contribution < -0.4 is 10.1 Å². The van der Waals surface area contributed by atoms with E-state index in [-0.39, 0.29) is 6.10 Å². The van der Waals surface area contributed by atoms with Crippen molar-refractivity contribution in [3.8, 4) is 5.75 Å². The van der Waals surface area contributed by atoms with E-state index >= 15 is 0 Å². The number of nitrogens with one attached hydrogen (secondary N) is 1. The second-order valence-electron chi connectivity index (χ2n) is 5.14. The molecule has 0 fully saturated rings. The zero-order valence-corrected chi connectivity index (χ0v) is 13.7. The Kier molecular flexibility index (Phi) is 5.38. The third-order valence-electron chi connectivity index (χ3n) is 2.87. The molecule has 0 amide bonds. The Labute approximate surface area is 134 Å². The number of hydrogen-bond acceptors (Lipinski definition) is 5. The summed E-state index contributed by atoms with van der Waals surface area (Å²) < 4.78 is 5.75. The van der Waals surface area contributed by atoms with Crippen LogP contribution in [0.2, 0.25) is 0 Å². The number of rotatable bonds is 7. The number of aryl methyl sites for hydroxylation is 1. The number of benzene rings is 1. The summed E-state index contributed by atoms with van der Waals surface area (Å²) >= 11 is 1.15. The Morgan fingerprint density at radius 3 is 2.77 bits per heavy atom. The lowest BCUT2D eigenvalue weighted by molar-refractivity contribution is 0.0700. The monoisotopic (exact) mass is 320 g/mol. The van der Waals surface area contributed by atoms with E-state index in [1.54, 1.807) is 0 Å². The van der Waals surface area contributed by atoms with E-state index in [9.17, 15) is 9.90 Å². The first-order chi connectivity index (χ1) is 10.5. The number of carboxylic acids is 1. The van der Waals surface area contributed by atoms with Crippen LogP contribution in [0.1, 0.15) is 42.6 Å². The van der Waals surface area contributed by atoms with Crippen molar-refractivity contribution >= 4 is 28.1 Å². The molecule has 2 N–H and O–H groups in total. The maximum Gasteiger partial charge on any atom is 0.347 e. The molecule has 0 aliphatic rings. The molecule has 0 aliphatic carbocycles. The number of nitrogens with zero attached hydrogens (tertiary/aromatic N) is 1. The molecular formula is C16H20N2O3S. The number of aromatic carboxylic acids is 1. The normalized spacial score (nSPS) is 10.7. The lowest BCUT2D eigenvalue weighted by Crippen LogP contribution is -2.07. The Morgan fingerprint density at radius 2 is 2.14 bits per heavy atom. The van der Waals surface area contributed by atoms with Crippen LogP contribution in [0.25, 0.3) is 0 Å². The van der Waals surface area contributed by atoms with E-state index in [0.29, 0.717) is 22.1 Å². The van der Waals surface area contributed by atoms with Crippen LogP contribution in [0.3, 0.4) is 0 Å². The zero-order valence-electron chi connectivity index (χ0n) is 12.9. The highest BCUT2D eigenvalue weighted by Gasteiger charge is 2.17. The van der Waals surface area contributed by atoms with Gasteiger partial charge in [-0.2, -0.15) is 0 Å². The number of carbonyl (C=O) groups is 1. The standard InChI is InChI=1S/C16H20N2O3S/c1-4-7-12-14(15(19)20)22-16(18-12)17-11-8-5-6-9-13(11)21-10(2)3/h5-6,8-10H,4,7H2,1-3H3,(H,17,18)(H,19,20). The fraction of sp³-hybridized carbons (Fsp3) is 0.375. The topological polar surface area (TPSA) is 71.5 Å². The van der Waals surface area contributed by atoms with Gasteiger partial charge in [-0.3, -0.25) is 0 Å². The average molecular weight is 320 g/mol. The highest BCUT2D eigenvalue weighted by atomic mass is 32.1. The summed E-state index contributed by atoms with van der Waals surface area (Å²) in [6, 6.07) is 7.56. The summed E-state index contributed by atoms with van der Waals surface area (Å²) in [6.45, 7) is 5.92. The summed E-state index contributed by atoms with van der Waals surface area (Å²) in [6.07, 6.45) is 1.57. The molecule has 0 bridgehead atoms. The van der Waals surface area contributed by atoms with E-state index in [4.69, 9.17) is 4.74 Å². The van der Waals surface area contributed by atoms with Crippen LogP contribution in [-0.2, 0) is 6.42 Å². The molecule has 1 aromatic carbocycles. The van der Waals surface area contributed by atoms with Gasteiger partial charge in [0.25, 0.3) is 0 Å². The number of thiazole rings is 1. The molecule has 118 valence electrons. The van der Waals surface area contributed by atoms with Gasteiger partial charge in [-0.05, 0) is 32.4 Å². The Hall–Kier alpha value is -2.08. The van der Waals surface area contributed by atoms with Crippen molar-refractivity contribution in [2.75, 3.05) is 5.32 Å². The molecule has 0 saturated heterocycles. The van der Waals surface area contributed by atoms with Crippen LogP contribution >= 0.6 is 11.3 Å². The molecule has 0 spiro atoms. The summed E-state index contributed by atoms with van der Waals surface area (Å²) in [4.78, 5) is 16.0. The Bertz CT molecular complexity index is 653. The van der Waals surface area contributed by atoms with Gasteiger partial charge >= 0.3 is 5.97 Å². The van der Waals surface area contributed by atoms with Gasteiger partial charge in [-0.25, -0.2) is 9.78 Å². The van der Waals surface area contributed by atoms with Gasteiger partial charge < -0.3 is 15.2 Å². The average Bonchev–Trinajstić information content (AvgIpc) is 2.84. The van der Waals surface area contributed by atoms with E-state index in [0.717, 1.165) is 29.2 Å². The molecule has 0 unspecified atom stereocenters. The zero-order chi connectivity index (χ0) is 16.1. The van der Waals surface area contributed by atoms with Crippen molar-refractivity contribution in [3.63, 3.8) is 0 Å². The van der Waals surface area contributed by atoms with Gasteiger partial charge in [0, 0.05) is 0 Å². The molecule has 6 heteroatoms. The summed E-state index contributed by atoms with van der Waals surface area (Å²) in [5.41, 5.74) is 1.41. The second-order valence-corrected chi connectivity index (χ2v) is 6.14. The van der Waals surface area contributed by atoms with Crippen LogP contribution in [0, 0.1) is 0 Å². The molecule has 1 aromatic heterocycles. The lowest BCUT2D eigenvalue weighted by atomic mass is 10.2. The minimum atomic E-state index is -0.930. The maximum atomic E-state index is 11.3. The quantitative estimate of drug-likeness (QED) is 0.794. The Balaban J connectivity index is 2.27. The van der Waals surface area contributed by atoms with Gasteiger partial charge in [-0.1, -0.05) is 36.8 Å². The number of ether oxygens (including phenoxy) is 1. The summed E-state index contributed by atoms with van der Waals surface area (Å²) in [5, 5.41) is 13.0. The maximum absolute atomic E-state index is 11.3. The molecule has 0 radical (unpaired) electrons. The van der Waals surface area contributed by atoms with Crippen molar-refractivity contribution in [3.05, 3.63) is 34.8 Å². The Morgan fingerprint density at radius 1 is 1.41 bits per heavy atom. The van der Waals surface area contributed by atoms with Crippen LogP contribution in [0.15, 0.2) is 24.3 Å². The van der Waals surface area contributed by atoms with E-state index in [1.807, 2.05) is 45.0 Å². The van der Waals surface area contributed by atoms with Gasteiger partial charge in [0.2, 0.25) is 0 Å². The van der Waals surface area contributed by atoms with Gasteiger partial charge in [0.15, 0.2) is 5.13 Å². The lowest BCUT2D eigenvalue weighted by Gasteiger charge is -2.14. The molecule has 5 nitrogen and oxygen atoms in total. The fourth-order valence-corrected chi connectivity index (χ4v) is 2.88. The molecule has 2 rings (SSSR count). The van der Waals surface area contributed by atoms with Crippen molar-refractivity contribution in [1.82, 2.24) is 4.98 Å². The van der Waals surface area contributed by atoms with E-state index in [1.165, 1.54) is 0 Å². The highest BCUT2D eigenvalue weighted by molar-refractivity contribution is 7.17. The third-order valence-corrected chi connectivity index (χ3v) is 3.87. The summed E-state index contributed by atoms with van der Waals surface area (Å²) in [5.74, 6) is -0.206. The predicted molar refractivity (Wildman–Crippen MR) is 88.6 cm³/mol. The molecule has 0 atom stereocenters. The molecule has 22 heavy (non-hydrogen) atoms. The highest BCUT2D eigenvalue weighted by Crippen LogP contribution is 2.32. The molecule has 2 aromatic rings. The number of anilines is 2. The van der Waals surface area contributed by atoms with Crippen LogP contribution in [0.5, 0.6) is 5.75 Å². The first-order valence-electron chi connectivity index (χ1n) is 7.27. The number of aromatic nitrogens is 1. The molecule has 0 aliphatic heterocycles. The smallest absolute Gasteiger partial charge is 0.347 e. The van der Waals surface area contributed by atoms with E-state index in [2.05, 4.69) is 10.3 Å². The van der Waals surface area contributed by atoms with Gasteiger partial charge in [0.05, 0.1) is 17.5 Å². The number of para-hydroxylation sites is 2. The minimum absolute atomic E-state index is 0.0597. The fourth-order valence-electron chi connectivity index (χ4n) is 2.02. The molecule has 1 heterocycles. The number of carboxylic acid groups (broad SMARTS) is 1. The SMILES string of the molecule is CCCc1nc(Nc2ccccc2OC(C)C)sc1C(=O)O. The van der Waals surface area contributed by atoms with Crippen LogP contribution in [0.4, 0.5) is 10.8 Å². The third kappa shape index (κ3) is 3.98. The van der Waals surface area contributed by atoms with Crippen molar-refractivity contribution in [1.29, 1.82) is 0 Å². The number of hydrogen-bond donors (Lipinski definition) is 2. The van der Waals surface area contributed by atoms with Gasteiger partial charge in [0.1, 0.15) is 10.6 Å². The second kappa shape index (κ2) is 7.26. The van der Waals surface area contributed by atoms with Gasteiger partial charge in [-0.15, -0.1) is 0 Å². The predicted octanol–water partition coefficient (Wildman–Crippen LogP) is 4.32. The summed E-state index contributed by atoms with van der Waals surface area (Å²) in [7, 11) is 0. The largest absolute Gasteiger partial charge is 0.489 e. The first-order valence-corrected chi connectivity index (χ1v) is 8.08. The molecule has 0 saturated carbocycles. The minimum Gasteiger partial charge on any atom is -0.489 e. The van der Waals surface area contributed by atoms with Crippen molar-refractivity contribution in [2.24, 2.45) is 0 Å². The first kappa shape index (κ1) is 16.3. The van der Waals surface area contributed by atoms with Crippen LogP contribution in [-0.4, -0.2) is 22.2 Å².